The van der Waals surface area contributed by atoms with Crippen molar-refractivity contribution < 1.29 is 4.79 Å². The van der Waals surface area contributed by atoms with E-state index < -0.39 is 5.91 Å². The van der Waals surface area contributed by atoms with Crippen molar-refractivity contribution in [3.05, 3.63) is 61.4 Å². The number of thiophene rings is 1. The summed E-state index contributed by atoms with van der Waals surface area (Å²) in [7, 11) is 0. The quantitative estimate of drug-likeness (QED) is 0.430. The summed E-state index contributed by atoms with van der Waals surface area (Å²) < 4.78 is 0.822. The predicted molar refractivity (Wildman–Crippen MR) is 112 cm³/mol. The van der Waals surface area contributed by atoms with Crippen LogP contribution in [0.15, 0.2) is 36.4 Å². The third-order valence-electron chi connectivity index (χ3n) is 3.20. The number of hydrogen-bond acceptors (Lipinski definition) is 3. The summed E-state index contributed by atoms with van der Waals surface area (Å²) >= 11 is 30.6. The Morgan fingerprint density at radius 1 is 1.00 bits per heavy atom. The second kappa shape index (κ2) is 7.66. The Morgan fingerprint density at radius 3 is 2.40 bits per heavy atom. The summed E-state index contributed by atoms with van der Waals surface area (Å²) in [6.45, 7) is 0. The summed E-state index contributed by atoms with van der Waals surface area (Å²) in [5.41, 5.74) is 0.533. The summed E-state index contributed by atoms with van der Waals surface area (Å²) in [5, 5.41) is 8.13. The van der Waals surface area contributed by atoms with Gasteiger partial charge >= 0.3 is 0 Å². The van der Waals surface area contributed by atoms with Gasteiger partial charge in [0.15, 0.2) is 5.11 Å². The van der Waals surface area contributed by atoms with E-state index in [0.29, 0.717) is 30.7 Å². The molecule has 2 aromatic carbocycles. The Labute approximate surface area is 172 Å². The molecule has 0 fully saturated rings. The molecule has 0 aliphatic carbocycles. The zero-order valence-corrected chi connectivity index (χ0v) is 16.9. The zero-order chi connectivity index (χ0) is 18.1. The molecular formula is C16H8Cl4N2OS2. The first-order valence-corrected chi connectivity index (χ1v) is 9.54. The van der Waals surface area contributed by atoms with Crippen LogP contribution in [-0.4, -0.2) is 11.0 Å². The number of halogens is 4. The molecule has 0 saturated carbocycles. The van der Waals surface area contributed by atoms with Crippen LogP contribution in [0.2, 0.25) is 20.1 Å². The largest absolute Gasteiger partial charge is 0.331 e. The fourth-order valence-corrected chi connectivity index (χ4v) is 4.44. The topological polar surface area (TPSA) is 41.1 Å². The standard InChI is InChI=1S/C16H8Cl4N2OS2/c17-7-2-4-11(10(19)5-7)21-16(24)22-15(23)14-13(20)9-3-1-8(18)6-12(9)25-14/h1-6H,(H2,21,22,23,24). The normalized spacial score (nSPS) is 10.7. The first-order valence-electron chi connectivity index (χ1n) is 6.80. The van der Waals surface area contributed by atoms with E-state index in [4.69, 9.17) is 58.6 Å². The predicted octanol–water partition coefficient (Wildman–Crippen LogP) is 6.64. The molecule has 1 aromatic heterocycles. The smallest absolute Gasteiger partial charge is 0.269 e. The Morgan fingerprint density at radius 2 is 1.68 bits per heavy atom. The van der Waals surface area contributed by atoms with Crippen molar-refractivity contribution in [3.63, 3.8) is 0 Å². The molecule has 0 unspecified atom stereocenters. The average Bonchev–Trinajstić information content (AvgIpc) is 2.86. The van der Waals surface area contributed by atoms with E-state index >= 15 is 0 Å². The minimum absolute atomic E-state index is 0.0979. The third kappa shape index (κ3) is 4.19. The molecular weight excluding hydrogens is 442 g/mol. The lowest BCUT2D eigenvalue weighted by molar-refractivity contribution is 0.0982. The molecule has 1 heterocycles. The number of benzene rings is 2. The maximum atomic E-state index is 12.5. The number of amides is 1. The lowest BCUT2D eigenvalue weighted by Gasteiger charge is -2.10. The van der Waals surface area contributed by atoms with Crippen LogP contribution in [0, 0.1) is 0 Å². The fourth-order valence-electron chi connectivity index (χ4n) is 2.09. The number of anilines is 1. The van der Waals surface area contributed by atoms with Crippen molar-refractivity contribution >= 4 is 96.8 Å². The molecule has 0 spiro atoms. The molecule has 128 valence electrons. The monoisotopic (exact) mass is 448 g/mol. The van der Waals surface area contributed by atoms with Crippen LogP contribution in [0.25, 0.3) is 10.1 Å². The van der Waals surface area contributed by atoms with Gasteiger partial charge in [-0.15, -0.1) is 11.3 Å². The van der Waals surface area contributed by atoms with Gasteiger partial charge in [0.2, 0.25) is 0 Å². The number of hydrogen-bond donors (Lipinski definition) is 2. The number of nitrogens with one attached hydrogen (secondary N) is 2. The van der Waals surface area contributed by atoms with Crippen LogP contribution in [-0.2, 0) is 0 Å². The number of carbonyl (C=O) groups is 1. The van der Waals surface area contributed by atoms with Crippen LogP contribution in [0.4, 0.5) is 5.69 Å². The van der Waals surface area contributed by atoms with Crippen LogP contribution >= 0.6 is 70.0 Å². The molecule has 0 atom stereocenters. The number of rotatable bonds is 2. The maximum absolute atomic E-state index is 12.5. The van der Waals surface area contributed by atoms with E-state index in [0.717, 1.165) is 10.1 Å². The fraction of sp³-hybridized carbons (Fsp3) is 0. The Kier molecular flexibility index (Phi) is 5.73. The molecule has 0 bridgehead atoms. The van der Waals surface area contributed by atoms with Crippen molar-refractivity contribution in [1.29, 1.82) is 0 Å². The number of thiocarbonyl (C=S) groups is 1. The molecule has 25 heavy (non-hydrogen) atoms. The zero-order valence-electron chi connectivity index (χ0n) is 12.2. The first-order chi connectivity index (χ1) is 11.8. The van der Waals surface area contributed by atoms with Gasteiger partial charge in [-0.25, -0.2) is 0 Å². The number of fused-ring (bicyclic) bond motifs is 1. The van der Waals surface area contributed by atoms with E-state index in [1.807, 2.05) is 0 Å². The van der Waals surface area contributed by atoms with Gasteiger partial charge < -0.3 is 5.32 Å². The molecule has 0 aliphatic heterocycles. The van der Waals surface area contributed by atoms with Gasteiger partial charge in [0.05, 0.1) is 15.7 Å². The summed E-state index contributed by atoms with van der Waals surface area (Å²) in [6.07, 6.45) is 0. The van der Waals surface area contributed by atoms with Crippen molar-refractivity contribution in [1.82, 2.24) is 5.32 Å². The minimum atomic E-state index is -0.412. The van der Waals surface area contributed by atoms with Crippen molar-refractivity contribution in [2.75, 3.05) is 5.32 Å². The van der Waals surface area contributed by atoms with Gasteiger partial charge in [-0.1, -0.05) is 52.5 Å². The van der Waals surface area contributed by atoms with Gasteiger partial charge in [-0.05, 0) is 42.5 Å². The minimum Gasteiger partial charge on any atom is -0.331 e. The van der Waals surface area contributed by atoms with Crippen LogP contribution in [0.5, 0.6) is 0 Å². The molecule has 3 aromatic rings. The highest BCUT2D eigenvalue weighted by Crippen LogP contribution is 2.36. The Hall–Kier alpha value is -1.08. The summed E-state index contributed by atoms with van der Waals surface area (Å²) in [6, 6.07) is 10.2. The second-order valence-corrected chi connectivity index (χ2v) is 8.04. The highest BCUT2D eigenvalue weighted by molar-refractivity contribution is 7.80. The summed E-state index contributed by atoms with van der Waals surface area (Å²) in [5.74, 6) is -0.412. The van der Waals surface area contributed by atoms with Gasteiger partial charge in [0.1, 0.15) is 4.88 Å². The summed E-state index contributed by atoms with van der Waals surface area (Å²) in [4.78, 5) is 12.8. The van der Waals surface area contributed by atoms with E-state index in [9.17, 15) is 4.79 Å². The average molecular weight is 450 g/mol. The Bertz CT molecular complexity index is 1000. The van der Waals surface area contributed by atoms with Crippen molar-refractivity contribution in [3.8, 4) is 0 Å². The lowest BCUT2D eigenvalue weighted by Crippen LogP contribution is -2.33. The van der Waals surface area contributed by atoms with Crippen molar-refractivity contribution in [2.45, 2.75) is 0 Å². The van der Waals surface area contributed by atoms with Crippen LogP contribution in [0.1, 0.15) is 9.67 Å². The van der Waals surface area contributed by atoms with E-state index in [1.54, 1.807) is 36.4 Å². The molecule has 2 N–H and O–H groups in total. The molecule has 0 aliphatic rings. The van der Waals surface area contributed by atoms with E-state index in [2.05, 4.69) is 10.6 Å². The maximum Gasteiger partial charge on any atom is 0.269 e. The first kappa shape index (κ1) is 18.7. The molecule has 1 amide bonds. The second-order valence-electron chi connectivity index (χ2n) is 4.92. The molecule has 9 heteroatoms. The highest BCUT2D eigenvalue weighted by atomic mass is 35.5. The van der Waals surface area contributed by atoms with Gasteiger partial charge in [0, 0.05) is 20.1 Å². The van der Waals surface area contributed by atoms with Crippen LogP contribution < -0.4 is 10.6 Å². The van der Waals surface area contributed by atoms with Gasteiger partial charge in [0.25, 0.3) is 5.91 Å². The molecule has 3 rings (SSSR count). The van der Waals surface area contributed by atoms with E-state index in [-0.39, 0.29) is 5.11 Å². The molecule has 3 nitrogen and oxygen atoms in total. The van der Waals surface area contributed by atoms with Gasteiger partial charge in [-0.3, -0.25) is 10.1 Å². The lowest BCUT2D eigenvalue weighted by atomic mass is 10.2. The third-order valence-corrected chi connectivity index (χ3v) is 5.85. The number of carbonyl (C=O) groups excluding carboxylic acids is 1. The SMILES string of the molecule is O=C(NC(=S)Nc1ccc(Cl)cc1Cl)c1sc2cc(Cl)ccc2c1Cl. The highest BCUT2D eigenvalue weighted by Gasteiger charge is 2.18. The van der Waals surface area contributed by atoms with Crippen LogP contribution in [0.3, 0.4) is 0 Å². The molecule has 0 radical (unpaired) electrons. The van der Waals surface area contributed by atoms with E-state index in [1.165, 1.54) is 11.3 Å². The van der Waals surface area contributed by atoms with Gasteiger partial charge in [-0.2, -0.15) is 0 Å². The van der Waals surface area contributed by atoms with Crippen molar-refractivity contribution in [2.24, 2.45) is 0 Å². The molecule has 0 saturated heterocycles. The Balaban J connectivity index is 1.77.